The Balaban J connectivity index is 0.00000113. The fourth-order valence-electron chi connectivity index (χ4n) is 3.84. The Morgan fingerprint density at radius 2 is 1.50 bits per heavy atom. The van der Waals surface area contributed by atoms with Gasteiger partial charge in [-0.3, -0.25) is 0 Å². The van der Waals surface area contributed by atoms with Crippen molar-refractivity contribution in [2.24, 2.45) is 5.92 Å². The summed E-state index contributed by atoms with van der Waals surface area (Å²) < 4.78 is 34.9. The van der Waals surface area contributed by atoms with Crippen molar-refractivity contribution < 1.29 is 14.6 Å². The number of aryl methyl sites for hydroxylation is 1. The van der Waals surface area contributed by atoms with E-state index in [0.717, 1.165) is 37.2 Å². The van der Waals surface area contributed by atoms with Crippen LogP contribution in [0.25, 0.3) is 21.9 Å². The lowest BCUT2D eigenvalue weighted by atomic mass is 9.79. The van der Waals surface area contributed by atoms with E-state index in [4.69, 9.17) is 4.42 Å². The Bertz CT molecular complexity index is 892. The molecule has 0 N–H and O–H groups in total. The molecule has 0 radical (unpaired) electrons. The molecule has 1 saturated carbocycles. The van der Waals surface area contributed by atoms with Crippen molar-refractivity contribution in [1.29, 1.82) is 0 Å². The molecule has 0 unspecified atom stereocenters. The monoisotopic (exact) mass is 332 g/mol. The van der Waals surface area contributed by atoms with Crippen LogP contribution in [0.2, 0.25) is 0 Å². The first kappa shape index (κ1) is 16.9. The molecule has 1 fully saturated rings. The zero-order valence-electron chi connectivity index (χ0n) is 13.5. The minimum absolute atomic E-state index is 0. The molecule has 1 aliphatic carbocycles. The molecule has 0 spiro atoms. The van der Waals surface area contributed by atoms with Crippen molar-refractivity contribution in [3.05, 3.63) is 47.0 Å². The van der Waals surface area contributed by atoms with E-state index < -0.39 is 5.82 Å². The van der Waals surface area contributed by atoms with Crippen LogP contribution >= 0.6 is 0 Å². The highest BCUT2D eigenvalue weighted by Gasteiger charge is 2.25. The minimum Gasteiger partial charge on any atom is -0.450 e. The number of hydrogen-bond donors (Lipinski definition) is 0. The summed E-state index contributed by atoms with van der Waals surface area (Å²) >= 11 is 0. The van der Waals surface area contributed by atoms with Crippen LogP contribution in [0.4, 0.5) is 8.78 Å². The lowest BCUT2D eigenvalue weighted by molar-refractivity contribution is 0.342. The Labute approximate surface area is 143 Å². The van der Waals surface area contributed by atoms with Gasteiger partial charge in [0.05, 0.1) is 0 Å². The molecule has 130 valence electrons. The van der Waals surface area contributed by atoms with Crippen LogP contribution in [-0.2, 0) is 0 Å². The van der Waals surface area contributed by atoms with Crippen LogP contribution in [0.15, 0.2) is 28.7 Å². The van der Waals surface area contributed by atoms with Crippen LogP contribution in [0, 0.1) is 24.5 Å². The third-order valence-corrected chi connectivity index (χ3v) is 5.37. The summed E-state index contributed by atoms with van der Waals surface area (Å²) in [6.45, 7) is 3.94. The van der Waals surface area contributed by atoms with Gasteiger partial charge in [0.2, 0.25) is 0 Å². The molecule has 24 heavy (non-hydrogen) atoms. The maximum Gasteiger partial charge on any atom is 0.171 e. The summed E-state index contributed by atoms with van der Waals surface area (Å²) in [6, 6.07) is 7.26. The van der Waals surface area contributed by atoms with Gasteiger partial charge < -0.3 is 4.42 Å². The van der Waals surface area contributed by atoms with Gasteiger partial charge in [-0.15, -0.1) is 0 Å². The Morgan fingerprint density at radius 1 is 0.917 bits per heavy atom. The van der Waals surface area contributed by atoms with Gasteiger partial charge in [-0.25, -0.2) is 8.78 Å². The van der Waals surface area contributed by atoms with E-state index in [0.29, 0.717) is 16.3 Å². The number of halogens is 2. The molecule has 0 atom stereocenters. The molecule has 0 amide bonds. The van der Waals surface area contributed by atoms with Crippen LogP contribution in [0.3, 0.4) is 0 Å². The zero-order chi connectivity index (χ0) is 16.1. The molecule has 3 heteroatoms. The molecule has 4 rings (SSSR count). The molecule has 1 heterocycles. The zero-order valence-corrected chi connectivity index (χ0v) is 13.5. The smallest absolute Gasteiger partial charge is 0.171 e. The third-order valence-electron chi connectivity index (χ3n) is 5.37. The first-order valence-corrected chi connectivity index (χ1v) is 8.36. The van der Waals surface area contributed by atoms with Crippen molar-refractivity contribution in [1.82, 2.24) is 0 Å². The summed E-state index contributed by atoms with van der Waals surface area (Å²) in [6.07, 6.45) is 4.29. The van der Waals surface area contributed by atoms with Crippen LogP contribution in [0.1, 0.15) is 58.5 Å². The van der Waals surface area contributed by atoms with Crippen molar-refractivity contribution in [3.63, 3.8) is 0 Å². The van der Waals surface area contributed by atoms with Gasteiger partial charge in [0.1, 0.15) is 0 Å². The van der Waals surface area contributed by atoms with Crippen LogP contribution < -0.4 is 0 Å². The first-order valence-electron chi connectivity index (χ1n) is 8.36. The van der Waals surface area contributed by atoms with Gasteiger partial charge in [-0.2, -0.15) is 0 Å². The third kappa shape index (κ3) is 2.51. The Hall–Kier alpha value is -1.90. The van der Waals surface area contributed by atoms with Gasteiger partial charge in [0.15, 0.2) is 22.8 Å². The predicted molar refractivity (Wildman–Crippen MR) is 97.6 cm³/mol. The molecule has 2 aromatic carbocycles. The van der Waals surface area contributed by atoms with Crippen LogP contribution in [-0.4, -0.2) is 0 Å². The van der Waals surface area contributed by atoms with E-state index in [1.54, 1.807) is 19.1 Å². The van der Waals surface area contributed by atoms with Gasteiger partial charge in [-0.05, 0) is 48.8 Å². The van der Waals surface area contributed by atoms with E-state index in [9.17, 15) is 4.39 Å². The maximum atomic E-state index is 15.0. The lowest BCUT2D eigenvalue weighted by Gasteiger charge is -2.26. The van der Waals surface area contributed by atoms with Gasteiger partial charge in [0.25, 0.3) is 0 Å². The molecule has 1 aromatic heterocycles. The van der Waals surface area contributed by atoms with E-state index >= 15 is 4.39 Å². The molecular formula is C21H26F2O. The summed E-state index contributed by atoms with van der Waals surface area (Å²) in [5, 5.41) is 1.30. The molecule has 0 aliphatic heterocycles. The first-order chi connectivity index (χ1) is 11.1. The second-order valence-electron chi connectivity index (χ2n) is 6.98. The highest BCUT2D eigenvalue weighted by molar-refractivity contribution is 6.05. The Morgan fingerprint density at radius 3 is 2.17 bits per heavy atom. The molecule has 3 aromatic rings. The second kappa shape index (κ2) is 6.19. The summed E-state index contributed by atoms with van der Waals surface area (Å²) in [5.41, 5.74) is 1.59. The van der Waals surface area contributed by atoms with E-state index in [-0.39, 0.29) is 31.8 Å². The lowest BCUT2D eigenvalue weighted by Crippen LogP contribution is -2.12. The summed E-state index contributed by atoms with van der Waals surface area (Å²) in [4.78, 5) is 0. The SMILES string of the molecule is C.Cc1ccc2c(oc3c(F)c(C4CCC(C)CC4)ccc32)c1F.[HH]. The molecule has 0 bridgehead atoms. The summed E-state index contributed by atoms with van der Waals surface area (Å²) in [7, 11) is 0. The number of benzene rings is 2. The van der Waals surface area contributed by atoms with Gasteiger partial charge in [0, 0.05) is 12.2 Å². The van der Waals surface area contributed by atoms with Crippen LogP contribution in [0.5, 0.6) is 0 Å². The standard InChI is InChI=1S/C20H20F2O.CH4.H2/c1-11-3-6-13(7-4-11)14-9-10-16-15-8-5-12(2)17(21)19(15)23-20(16)18(14)22;;/h5,8-11,13H,3-4,6-7H2,1-2H3;1H4;1H. The average Bonchev–Trinajstić information content (AvgIpc) is 2.93. The number of fused-ring (bicyclic) bond motifs is 3. The fourth-order valence-corrected chi connectivity index (χ4v) is 3.84. The number of furan rings is 1. The minimum atomic E-state index is -0.397. The highest BCUT2D eigenvalue weighted by Crippen LogP contribution is 2.40. The van der Waals surface area contributed by atoms with Crippen molar-refractivity contribution in [3.8, 4) is 0 Å². The normalized spacial score (nSPS) is 21.2. The van der Waals surface area contributed by atoms with Crippen molar-refractivity contribution in [2.75, 3.05) is 0 Å². The number of hydrogen-bond acceptors (Lipinski definition) is 1. The number of rotatable bonds is 1. The maximum absolute atomic E-state index is 15.0. The predicted octanol–water partition coefficient (Wildman–Crippen LogP) is 7.35. The van der Waals surface area contributed by atoms with Gasteiger partial charge >= 0.3 is 0 Å². The van der Waals surface area contributed by atoms with E-state index in [1.165, 1.54) is 0 Å². The molecule has 1 aliphatic rings. The highest BCUT2D eigenvalue weighted by atomic mass is 19.1. The summed E-state index contributed by atoms with van der Waals surface area (Å²) in [5.74, 6) is 0.262. The Kier molecular flexibility index (Phi) is 4.37. The van der Waals surface area contributed by atoms with Crippen molar-refractivity contribution >= 4 is 21.9 Å². The second-order valence-corrected chi connectivity index (χ2v) is 6.98. The topological polar surface area (TPSA) is 13.1 Å². The van der Waals surface area contributed by atoms with Gasteiger partial charge in [-0.1, -0.05) is 45.4 Å². The van der Waals surface area contributed by atoms with Crippen molar-refractivity contribution in [2.45, 2.75) is 52.9 Å². The molecule has 0 saturated heterocycles. The van der Waals surface area contributed by atoms with E-state index in [2.05, 4.69) is 6.92 Å². The quantitative estimate of drug-likeness (QED) is 0.454. The largest absolute Gasteiger partial charge is 0.450 e. The van der Waals surface area contributed by atoms with E-state index in [1.807, 2.05) is 12.1 Å². The molecule has 1 nitrogen and oxygen atoms in total. The molecular weight excluding hydrogens is 306 g/mol. The average molecular weight is 332 g/mol. The fraction of sp³-hybridized carbons (Fsp3) is 0.429.